The van der Waals surface area contributed by atoms with Crippen molar-refractivity contribution >= 4 is 39.1 Å². The number of nitrogens with zero attached hydrogens (tertiary/aromatic N) is 4. The second kappa shape index (κ2) is 7.37. The van der Waals surface area contributed by atoms with Crippen LogP contribution in [0.3, 0.4) is 0 Å². The van der Waals surface area contributed by atoms with Gasteiger partial charge in [-0.15, -0.1) is 0 Å². The van der Waals surface area contributed by atoms with Crippen molar-refractivity contribution in [3.05, 3.63) is 45.6 Å². The lowest BCUT2D eigenvalue weighted by Gasteiger charge is -2.39. The highest BCUT2D eigenvalue weighted by molar-refractivity contribution is 9.10. The molecule has 1 amide bonds. The molecule has 0 spiro atoms. The molecule has 1 fully saturated rings. The number of pyridine rings is 1. The summed E-state index contributed by atoms with van der Waals surface area (Å²) in [4.78, 5) is 20.0. The van der Waals surface area contributed by atoms with Crippen molar-refractivity contribution < 1.29 is 27.8 Å². The number of aliphatic hydroxyl groups excluding tert-OH is 1. The second-order valence-corrected chi connectivity index (χ2v) is 8.06. The molecule has 2 aromatic rings. The van der Waals surface area contributed by atoms with E-state index in [2.05, 4.69) is 20.9 Å². The maximum absolute atomic E-state index is 13.4. The Hall–Kier alpha value is -1.98. The number of halogens is 5. The minimum atomic E-state index is -4.67. The monoisotopic (exact) mass is 494 g/mol. The number of hydrogen-bond acceptors (Lipinski definition) is 5. The molecule has 2 aromatic heterocycles. The zero-order valence-corrected chi connectivity index (χ0v) is 17.1. The number of aromatic nitrogens is 2. The largest absolute Gasteiger partial charge is 0.479 e. The Kier molecular flexibility index (Phi) is 5.16. The maximum Gasteiger partial charge on any atom is 0.420 e. The Morgan fingerprint density at radius 3 is 2.79 bits per heavy atom. The number of imidazole rings is 1. The summed E-state index contributed by atoms with van der Waals surface area (Å²) in [6.07, 6.45) is -0.491. The summed E-state index contributed by atoms with van der Waals surface area (Å²) < 4.78 is 46.4. The number of piperidine rings is 1. The molecule has 4 rings (SSSR count). The van der Waals surface area contributed by atoms with E-state index in [-0.39, 0.29) is 27.9 Å². The van der Waals surface area contributed by atoms with Gasteiger partial charge in [0.1, 0.15) is 11.4 Å². The van der Waals surface area contributed by atoms with Crippen molar-refractivity contribution in [2.24, 2.45) is 0 Å². The summed E-state index contributed by atoms with van der Waals surface area (Å²) in [5.41, 5.74) is -1.75. The molecule has 2 unspecified atom stereocenters. The molecule has 0 aliphatic carbocycles. The van der Waals surface area contributed by atoms with Crippen LogP contribution < -0.4 is 0 Å². The smallest absolute Gasteiger partial charge is 0.420 e. The summed E-state index contributed by atoms with van der Waals surface area (Å²) in [5, 5.41) is 10.2. The Morgan fingerprint density at radius 1 is 1.41 bits per heavy atom. The number of β-amino-alcohol motifs (C(OH)–C–C–N with tert-alkyl or cyclic N) is 1. The molecule has 29 heavy (non-hydrogen) atoms. The molecule has 7 nitrogen and oxygen atoms in total. The lowest BCUT2D eigenvalue weighted by molar-refractivity contribution is -0.136. The first-order chi connectivity index (χ1) is 13.7. The van der Waals surface area contributed by atoms with E-state index < -0.39 is 29.4 Å². The zero-order valence-electron chi connectivity index (χ0n) is 14.7. The number of fused-ring (bicyclic) bond motifs is 1. The van der Waals surface area contributed by atoms with Gasteiger partial charge in [-0.05, 0) is 28.4 Å². The third-order valence-electron chi connectivity index (χ3n) is 4.97. The Morgan fingerprint density at radius 2 is 2.17 bits per heavy atom. The maximum atomic E-state index is 13.4. The third-order valence-corrected chi connectivity index (χ3v) is 5.76. The molecule has 1 N–H and O–H groups in total. The molecule has 4 heterocycles. The normalized spacial score (nSPS) is 22.4. The predicted molar refractivity (Wildman–Crippen MR) is 100 cm³/mol. The topological polar surface area (TPSA) is 70.3 Å². The van der Waals surface area contributed by atoms with E-state index in [1.54, 1.807) is 6.20 Å². The van der Waals surface area contributed by atoms with Crippen molar-refractivity contribution in [1.29, 1.82) is 0 Å². The molecule has 2 aliphatic heterocycles. The van der Waals surface area contributed by atoms with Gasteiger partial charge in [-0.25, -0.2) is 4.98 Å². The van der Waals surface area contributed by atoms with Crippen LogP contribution in [0, 0.1) is 0 Å². The number of hydrogen-bond donors (Lipinski definition) is 1. The van der Waals surface area contributed by atoms with Crippen LogP contribution >= 0.6 is 27.5 Å². The van der Waals surface area contributed by atoms with Crippen LogP contribution in [-0.4, -0.2) is 62.2 Å². The van der Waals surface area contributed by atoms with Crippen molar-refractivity contribution in [3.63, 3.8) is 0 Å². The first-order valence-corrected chi connectivity index (χ1v) is 9.79. The summed E-state index contributed by atoms with van der Waals surface area (Å²) in [6.45, 7) is 0.627. The fraction of sp³-hybridized carbons (Fsp3) is 0.412. The minimum Gasteiger partial charge on any atom is -0.479 e. The average molecular weight is 496 g/mol. The van der Waals surface area contributed by atoms with Crippen LogP contribution in [-0.2, 0) is 10.9 Å². The fourth-order valence-corrected chi connectivity index (χ4v) is 4.25. The summed E-state index contributed by atoms with van der Waals surface area (Å²) >= 11 is 9.23. The quantitative estimate of drug-likeness (QED) is 0.693. The fourth-order valence-electron chi connectivity index (χ4n) is 3.57. The van der Waals surface area contributed by atoms with Crippen molar-refractivity contribution in [3.8, 4) is 0 Å². The lowest BCUT2D eigenvalue weighted by Crippen LogP contribution is -2.54. The Balaban J connectivity index is 1.62. The van der Waals surface area contributed by atoms with Gasteiger partial charge in [0.15, 0.2) is 18.1 Å². The van der Waals surface area contributed by atoms with Crippen LogP contribution in [0.15, 0.2) is 29.2 Å². The van der Waals surface area contributed by atoms with Gasteiger partial charge in [-0.2, -0.15) is 13.2 Å². The van der Waals surface area contributed by atoms with Gasteiger partial charge in [0, 0.05) is 30.0 Å². The van der Waals surface area contributed by atoms with Gasteiger partial charge < -0.3 is 19.6 Å². The molecule has 0 bridgehead atoms. The van der Waals surface area contributed by atoms with Gasteiger partial charge in [0.25, 0.3) is 5.91 Å². The number of alkyl halides is 3. The number of carbonyl (C=O) groups is 1. The second-order valence-electron chi connectivity index (χ2n) is 6.78. The van der Waals surface area contributed by atoms with Gasteiger partial charge in [0.2, 0.25) is 0 Å². The summed E-state index contributed by atoms with van der Waals surface area (Å²) in [7, 11) is 0. The van der Waals surface area contributed by atoms with Crippen molar-refractivity contribution in [2.45, 2.75) is 24.7 Å². The highest BCUT2D eigenvalue weighted by Gasteiger charge is 2.38. The number of rotatable bonds is 2. The van der Waals surface area contributed by atoms with Crippen LogP contribution in [0.2, 0.25) is 5.15 Å². The van der Waals surface area contributed by atoms with Crippen LogP contribution in [0.25, 0.3) is 5.65 Å². The number of likely N-dealkylation sites (tertiary alicyclic amines) is 1. The SMILES string of the molecule is O=C(c1nc2c(C(F)(F)F)cc(Br)cn2c1Cl)N1CCC(N2C=COC2)C(O)C1. The first kappa shape index (κ1) is 20.3. The standard InChI is InChI=1S/C17H15BrClF3N4O3/c18-9-5-10(17(20,21)22)15-23-13(14(19)26(15)6-9)16(28)24-2-1-11(12(27)7-24)25-3-4-29-8-25/h3-6,11-12,27H,1-2,7-8H2. The first-order valence-electron chi connectivity index (χ1n) is 8.62. The van der Waals surface area contributed by atoms with E-state index in [0.717, 1.165) is 10.5 Å². The average Bonchev–Trinajstić information content (AvgIpc) is 3.29. The number of carbonyl (C=O) groups excluding carboxylic acids is 1. The molecule has 156 valence electrons. The van der Waals surface area contributed by atoms with Crippen LogP contribution in [0.5, 0.6) is 0 Å². The Labute approximate surface area is 176 Å². The van der Waals surface area contributed by atoms with E-state index in [1.165, 1.54) is 17.4 Å². The van der Waals surface area contributed by atoms with Gasteiger partial charge in [-0.1, -0.05) is 11.6 Å². The van der Waals surface area contributed by atoms with E-state index >= 15 is 0 Å². The molecule has 2 atom stereocenters. The lowest BCUT2D eigenvalue weighted by atomic mass is 10.0. The predicted octanol–water partition coefficient (Wildman–Crippen LogP) is 3.11. The molecule has 1 saturated heterocycles. The summed E-state index contributed by atoms with van der Waals surface area (Å²) in [5.74, 6) is -0.631. The van der Waals surface area contributed by atoms with E-state index in [0.29, 0.717) is 19.7 Å². The molecular weight excluding hydrogens is 481 g/mol. The van der Waals surface area contributed by atoms with Gasteiger partial charge in [0.05, 0.1) is 17.7 Å². The third kappa shape index (κ3) is 3.66. The zero-order chi connectivity index (χ0) is 20.9. The molecule has 12 heteroatoms. The van der Waals surface area contributed by atoms with Crippen LogP contribution in [0.4, 0.5) is 13.2 Å². The molecule has 2 aliphatic rings. The van der Waals surface area contributed by atoms with Crippen LogP contribution in [0.1, 0.15) is 22.5 Å². The number of ether oxygens (including phenoxy) is 1. The van der Waals surface area contributed by atoms with E-state index in [9.17, 15) is 23.1 Å². The van der Waals surface area contributed by atoms with Crippen molar-refractivity contribution in [1.82, 2.24) is 19.2 Å². The molecule has 0 radical (unpaired) electrons. The van der Waals surface area contributed by atoms with Gasteiger partial charge >= 0.3 is 6.18 Å². The molecular formula is C17H15BrClF3N4O3. The molecule has 0 aromatic carbocycles. The molecule has 0 saturated carbocycles. The van der Waals surface area contributed by atoms with Crippen molar-refractivity contribution in [2.75, 3.05) is 19.8 Å². The van der Waals surface area contributed by atoms with E-state index in [4.69, 9.17) is 16.3 Å². The Bertz CT molecular complexity index is 996. The number of aliphatic hydroxyl groups is 1. The van der Waals surface area contributed by atoms with E-state index in [1.807, 2.05) is 4.90 Å². The van der Waals surface area contributed by atoms with Gasteiger partial charge in [-0.3, -0.25) is 9.20 Å². The number of amides is 1. The summed E-state index contributed by atoms with van der Waals surface area (Å²) in [6, 6.07) is 0.662. The highest BCUT2D eigenvalue weighted by atomic mass is 79.9. The minimum absolute atomic E-state index is 0.00780. The highest BCUT2D eigenvalue weighted by Crippen LogP contribution is 2.36.